The van der Waals surface area contributed by atoms with Gasteiger partial charge in [-0.2, -0.15) is 11.8 Å². The van der Waals surface area contributed by atoms with Crippen molar-refractivity contribution in [1.29, 1.82) is 0 Å². The number of amides is 1. The van der Waals surface area contributed by atoms with E-state index in [-0.39, 0.29) is 11.8 Å². The van der Waals surface area contributed by atoms with Crippen molar-refractivity contribution in [2.45, 2.75) is 32.2 Å². The van der Waals surface area contributed by atoms with E-state index in [0.717, 1.165) is 38.1 Å². The molecular weight excluding hydrogens is 208 g/mol. The van der Waals surface area contributed by atoms with Gasteiger partial charge in [-0.15, -0.1) is 0 Å². The topological polar surface area (TPSA) is 41.1 Å². The van der Waals surface area contributed by atoms with Crippen LogP contribution in [-0.4, -0.2) is 37.0 Å². The second-order valence-corrected chi connectivity index (χ2v) is 5.00. The van der Waals surface area contributed by atoms with Crippen LogP contribution in [0.25, 0.3) is 0 Å². The number of hydrogen-bond donors (Lipinski definition) is 2. The summed E-state index contributed by atoms with van der Waals surface area (Å²) in [4.78, 5) is 11.9. The molecule has 0 aliphatic carbocycles. The molecule has 0 spiro atoms. The second kappa shape index (κ2) is 7.12. The molecule has 1 saturated heterocycles. The lowest BCUT2D eigenvalue weighted by Crippen LogP contribution is -2.43. The maximum atomic E-state index is 11.9. The van der Waals surface area contributed by atoms with Crippen molar-refractivity contribution < 1.29 is 4.79 Å². The highest BCUT2D eigenvalue weighted by atomic mass is 32.2. The van der Waals surface area contributed by atoms with E-state index in [1.807, 2.05) is 0 Å². The summed E-state index contributed by atoms with van der Waals surface area (Å²) in [7, 11) is 0. The van der Waals surface area contributed by atoms with Crippen LogP contribution in [0.5, 0.6) is 0 Å². The van der Waals surface area contributed by atoms with Crippen molar-refractivity contribution in [3.8, 4) is 0 Å². The Morgan fingerprint density at radius 2 is 2.20 bits per heavy atom. The Bertz CT molecular complexity index is 193. The zero-order valence-electron chi connectivity index (χ0n) is 9.71. The highest BCUT2D eigenvalue weighted by Crippen LogP contribution is 2.12. The molecule has 1 rings (SSSR count). The van der Waals surface area contributed by atoms with E-state index in [9.17, 15) is 4.79 Å². The van der Waals surface area contributed by atoms with E-state index in [2.05, 4.69) is 23.8 Å². The standard InChI is InChI=1S/C11H22N2OS/c1-3-10(8-15-2)13-11(14)9-4-6-12-7-5-9/h9-10,12H,3-8H2,1-2H3,(H,13,14). The van der Waals surface area contributed by atoms with Gasteiger partial charge in [-0.25, -0.2) is 0 Å². The minimum absolute atomic E-state index is 0.238. The van der Waals surface area contributed by atoms with Gasteiger partial charge in [0.2, 0.25) is 5.91 Å². The Labute approximate surface area is 96.8 Å². The van der Waals surface area contributed by atoms with E-state index in [4.69, 9.17) is 0 Å². The molecule has 15 heavy (non-hydrogen) atoms. The summed E-state index contributed by atoms with van der Waals surface area (Å²) >= 11 is 1.80. The predicted molar refractivity (Wildman–Crippen MR) is 66.2 cm³/mol. The van der Waals surface area contributed by atoms with Gasteiger partial charge >= 0.3 is 0 Å². The van der Waals surface area contributed by atoms with Gasteiger partial charge < -0.3 is 10.6 Å². The molecular formula is C11H22N2OS. The maximum absolute atomic E-state index is 11.9. The first-order valence-electron chi connectivity index (χ1n) is 5.78. The summed E-state index contributed by atoms with van der Waals surface area (Å²) in [5.74, 6) is 1.52. The van der Waals surface area contributed by atoms with Crippen molar-refractivity contribution in [1.82, 2.24) is 10.6 Å². The van der Waals surface area contributed by atoms with Crippen LogP contribution in [0.4, 0.5) is 0 Å². The van der Waals surface area contributed by atoms with E-state index >= 15 is 0 Å². The zero-order valence-corrected chi connectivity index (χ0v) is 10.5. The highest BCUT2D eigenvalue weighted by Gasteiger charge is 2.22. The zero-order chi connectivity index (χ0) is 11.1. The van der Waals surface area contributed by atoms with Gasteiger partial charge in [0, 0.05) is 17.7 Å². The van der Waals surface area contributed by atoms with Crippen molar-refractivity contribution in [2.24, 2.45) is 5.92 Å². The molecule has 3 nitrogen and oxygen atoms in total. The van der Waals surface area contributed by atoms with E-state index in [1.54, 1.807) is 11.8 Å². The molecule has 0 bridgehead atoms. The lowest BCUT2D eigenvalue weighted by molar-refractivity contribution is -0.126. The molecule has 1 aliphatic rings. The number of rotatable bonds is 5. The van der Waals surface area contributed by atoms with Crippen molar-refractivity contribution in [3.05, 3.63) is 0 Å². The van der Waals surface area contributed by atoms with Crippen molar-refractivity contribution >= 4 is 17.7 Å². The molecule has 88 valence electrons. The van der Waals surface area contributed by atoms with Gasteiger partial charge in [-0.05, 0) is 38.6 Å². The Morgan fingerprint density at radius 1 is 1.53 bits per heavy atom. The summed E-state index contributed by atoms with van der Waals surface area (Å²) in [6, 6.07) is 0.349. The predicted octanol–water partition coefficient (Wildman–Crippen LogP) is 1.24. The Hall–Kier alpha value is -0.220. The Morgan fingerprint density at radius 3 is 2.73 bits per heavy atom. The monoisotopic (exact) mass is 230 g/mol. The molecule has 1 fully saturated rings. The van der Waals surface area contributed by atoms with Crippen LogP contribution >= 0.6 is 11.8 Å². The lowest BCUT2D eigenvalue weighted by Gasteiger charge is -2.24. The third kappa shape index (κ3) is 4.43. The summed E-state index contributed by atoms with van der Waals surface area (Å²) in [5.41, 5.74) is 0. The quantitative estimate of drug-likeness (QED) is 0.747. The normalized spacial score (nSPS) is 19.9. The molecule has 1 amide bonds. The fraction of sp³-hybridized carbons (Fsp3) is 0.909. The largest absolute Gasteiger partial charge is 0.352 e. The fourth-order valence-electron chi connectivity index (χ4n) is 1.87. The number of piperidine rings is 1. The van der Waals surface area contributed by atoms with Crippen LogP contribution in [0.2, 0.25) is 0 Å². The van der Waals surface area contributed by atoms with Crippen LogP contribution < -0.4 is 10.6 Å². The van der Waals surface area contributed by atoms with Gasteiger partial charge in [0.25, 0.3) is 0 Å². The van der Waals surface area contributed by atoms with Crippen LogP contribution in [0, 0.1) is 5.92 Å². The molecule has 0 aromatic carbocycles. The molecule has 4 heteroatoms. The van der Waals surface area contributed by atoms with Crippen molar-refractivity contribution in [2.75, 3.05) is 25.1 Å². The average molecular weight is 230 g/mol. The second-order valence-electron chi connectivity index (χ2n) is 4.09. The summed E-state index contributed by atoms with van der Waals surface area (Å²) in [6.45, 7) is 4.10. The molecule has 0 radical (unpaired) electrons. The summed E-state index contributed by atoms with van der Waals surface area (Å²) in [5, 5.41) is 6.43. The van der Waals surface area contributed by atoms with Crippen LogP contribution in [0.15, 0.2) is 0 Å². The average Bonchev–Trinajstić information content (AvgIpc) is 2.29. The number of thioether (sulfide) groups is 1. The SMILES string of the molecule is CCC(CSC)NC(=O)C1CCNCC1. The molecule has 0 aromatic heterocycles. The first kappa shape index (κ1) is 12.8. The molecule has 1 atom stereocenters. The van der Waals surface area contributed by atoms with Crippen LogP contribution in [0.1, 0.15) is 26.2 Å². The van der Waals surface area contributed by atoms with Gasteiger partial charge in [0.15, 0.2) is 0 Å². The fourth-order valence-corrected chi connectivity index (χ4v) is 2.59. The van der Waals surface area contributed by atoms with Crippen LogP contribution in [0.3, 0.4) is 0 Å². The minimum atomic E-state index is 0.238. The van der Waals surface area contributed by atoms with Gasteiger partial charge in [-0.1, -0.05) is 6.92 Å². The number of hydrogen-bond acceptors (Lipinski definition) is 3. The van der Waals surface area contributed by atoms with E-state index in [0.29, 0.717) is 6.04 Å². The molecule has 1 heterocycles. The Balaban J connectivity index is 2.31. The first-order valence-corrected chi connectivity index (χ1v) is 7.17. The third-order valence-corrected chi connectivity index (χ3v) is 3.65. The van der Waals surface area contributed by atoms with E-state index in [1.165, 1.54) is 0 Å². The molecule has 1 unspecified atom stereocenters. The molecule has 0 saturated carbocycles. The minimum Gasteiger partial charge on any atom is -0.352 e. The number of carbonyl (C=O) groups excluding carboxylic acids is 1. The number of nitrogens with one attached hydrogen (secondary N) is 2. The Kier molecular flexibility index (Phi) is 6.10. The summed E-state index contributed by atoms with van der Waals surface area (Å²) in [6.07, 6.45) is 5.08. The third-order valence-electron chi connectivity index (χ3n) is 2.92. The van der Waals surface area contributed by atoms with Gasteiger partial charge in [0.05, 0.1) is 0 Å². The van der Waals surface area contributed by atoms with Gasteiger partial charge in [0.1, 0.15) is 0 Å². The smallest absolute Gasteiger partial charge is 0.223 e. The van der Waals surface area contributed by atoms with E-state index < -0.39 is 0 Å². The highest BCUT2D eigenvalue weighted by molar-refractivity contribution is 7.98. The maximum Gasteiger partial charge on any atom is 0.223 e. The van der Waals surface area contributed by atoms with Crippen LogP contribution in [-0.2, 0) is 4.79 Å². The summed E-state index contributed by atoms with van der Waals surface area (Å²) < 4.78 is 0. The first-order chi connectivity index (χ1) is 7.27. The number of carbonyl (C=O) groups is 1. The van der Waals surface area contributed by atoms with Gasteiger partial charge in [-0.3, -0.25) is 4.79 Å². The molecule has 2 N–H and O–H groups in total. The lowest BCUT2D eigenvalue weighted by atomic mass is 9.97. The molecule has 1 aliphatic heterocycles. The molecule has 0 aromatic rings. The van der Waals surface area contributed by atoms with Crippen molar-refractivity contribution in [3.63, 3.8) is 0 Å².